The van der Waals surface area contributed by atoms with Crippen LogP contribution in [-0.4, -0.2) is 32.3 Å². The molecule has 2 aromatic carbocycles. The normalized spacial score (nSPS) is 11.8. The molecule has 0 bridgehead atoms. The summed E-state index contributed by atoms with van der Waals surface area (Å²) >= 11 is 0. The number of carboxylic acids is 1. The van der Waals surface area contributed by atoms with Crippen LogP contribution >= 0.6 is 0 Å². The molecule has 4 rings (SSSR count). The predicted molar refractivity (Wildman–Crippen MR) is 118 cm³/mol. The highest BCUT2D eigenvalue weighted by Crippen LogP contribution is 2.32. The van der Waals surface area contributed by atoms with Crippen molar-refractivity contribution in [2.24, 2.45) is 5.73 Å². The topological polar surface area (TPSA) is 114 Å². The van der Waals surface area contributed by atoms with Crippen molar-refractivity contribution in [3.63, 3.8) is 0 Å². The van der Waals surface area contributed by atoms with Crippen LogP contribution in [0.2, 0.25) is 0 Å². The molecule has 2 heterocycles. The van der Waals surface area contributed by atoms with Gasteiger partial charge in [-0.15, -0.1) is 0 Å². The predicted octanol–water partition coefficient (Wildman–Crippen LogP) is 4.41. The third-order valence-corrected chi connectivity index (χ3v) is 4.91. The summed E-state index contributed by atoms with van der Waals surface area (Å²) in [5.74, 6) is -1.44. The van der Waals surface area contributed by atoms with Gasteiger partial charge in [0.2, 0.25) is 0 Å². The molecule has 0 amide bonds. The number of carbonyl (C=O) groups is 1. The van der Waals surface area contributed by atoms with Gasteiger partial charge in [0, 0.05) is 24.0 Å². The summed E-state index contributed by atoms with van der Waals surface area (Å²) in [4.78, 5) is 15.2. The maximum Gasteiger partial charge on any atom is 0.304 e. The van der Waals surface area contributed by atoms with Gasteiger partial charge in [0.1, 0.15) is 5.75 Å². The Labute approximate surface area is 183 Å². The van der Waals surface area contributed by atoms with Crippen molar-refractivity contribution in [3.8, 4) is 34.0 Å². The van der Waals surface area contributed by atoms with Crippen molar-refractivity contribution in [1.29, 1.82) is 0 Å². The number of H-pyrrole nitrogens is 1. The van der Waals surface area contributed by atoms with Gasteiger partial charge in [0.05, 0.1) is 12.1 Å². The number of carboxylic acid groups (broad SMARTS) is 1. The first-order valence-corrected chi connectivity index (χ1v) is 9.98. The number of benzene rings is 2. The van der Waals surface area contributed by atoms with Gasteiger partial charge >= 0.3 is 5.97 Å². The Morgan fingerprint density at radius 3 is 2.59 bits per heavy atom. The quantitative estimate of drug-likeness (QED) is 0.380. The number of nitrogens with two attached hydrogens (primary N) is 1. The first kappa shape index (κ1) is 21.2. The molecule has 32 heavy (non-hydrogen) atoms. The number of hydrogen-bond acceptors (Lipinski definition) is 5. The minimum Gasteiger partial charge on any atom is -0.481 e. The smallest absolute Gasteiger partial charge is 0.304 e. The van der Waals surface area contributed by atoms with E-state index in [1.54, 1.807) is 18.3 Å². The lowest BCUT2D eigenvalue weighted by atomic mass is 9.97. The molecule has 1 atom stereocenters. The summed E-state index contributed by atoms with van der Waals surface area (Å²) in [7, 11) is 0. The molecule has 0 saturated carbocycles. The Morgan fingerprint density at radius 2 is 1.91 bits per heavy atom. The molecule has 0 aliphatic heterocycles. The van der Waals surface area contributed by atoms with Crippen molar-refractivity contribution in [2.75, 3.05) is 0 Å². The van der Waals surface area contributed by atoms with Crippen LogP contribution in [0, 0.1) is 5.82 Å². The van der Waals surface area contributed by atoms with Crippen LogP contribution in [0.25, 0.3) is 22.4 Å². The monoisotopic (exact) mass is 432 g/mol. The molecule has 162 valence electrons. The van der Waals surface area contributed by atoms with Crippen LogP contribution in [0.3, 0.4) is 0 Å². The largest absolute Gasteiger partial charge is 0.481 e. The molecule has 4 aromatic rings. The molecule has 0 aliphatic rings. The number of ether oxygens (including phenoxy) is 1. The van der Waals surface area contributed by atoms with Crippen molar-refractivity contribution in [2.45, 2.75) is 18.9 Å². The molecule has 0 spiro atoms. The Bertz CT molecular complexity index is 1210. The van der Waals surface area contributed by atoms with Gasteiger partial charge in [-0.2, -0.15) is 5.10 Å². The van der Waals surface area contributed by atoms with Gasteiger partial charge < -0.3 is 15.6 Å². The molecule has 0 saturated heterocycles. The van der Waals surface area contributed by atoms with Crippen LogP contribution in [0.4, 0.5) is 4.39 Å². The number of aliphatic carboxylic acids is 1. The van der Waals surface area contributed by atoms with Crippen LogP contribution in [0.15, 0.2) is 73.1 Å². The van der Waals surface area contributed by atoms with Crippen LogP contribution in [0.1, 0.15) is 12.0 Å². The number of nitrogens with zero attached hydrogens (tertiary/aromatic N) is 2. The first-order chi connectivity index (χ1) is 15.5. The molecule has 7 nitrogen and oxygen atoms in total. The van der Waals surface area contributed by atoms with E-state index in [9.17, 15) is 9.18 Å². The third kappa shape index (κ3) is 4.98. The maximum absolute atomic E-state index is 14.7. The second kappa shape index (κ2) is 9.40. The van der Waals surface area contributed by atoms with E-state index in [2.05, 4.69) is 15.2 Å². The SMILES string of the molecule is N[C@H](CC(=O)O)Cc1cc(-c2ccccc2)ccc1Oc1ncc(-c2ccn[nH]2)cc1F. The van der Waals surface area contributed by atoms with E-state index >= 15 is 0 Å². The Balaban J connectivity index is 1.65. The number of aromatic nitrogens is 3. The minimum atomic E-state index is -0.985. The number of nitrogens with one attached hydrogen (secondary N) is 1. The molecule has 0 radical (unpaired) electrons. The molecule has 4 N–H and O–H groups in total. The minimum absolute atomic E-state index is 0.186. The third-order valence-electron chi connectivity index (χ3n) is 4.91. The van der Waals surface area contributed by atoms with E-state index in [0.717, 1.165) is 11.1 Å². The van der Waals surface area contributed by atoms with E-state index in [4.69, 9.17) is 15.6 Å². The zero-order valence-corrected chi connectivity index (χ0v) is 17.0. The standard InChI is InChI=1S/C24H21FN4O3/c25-20-12-18(21-8-9-28-29-21)14-27-24(20)32-22-7-6-16(15-4-2-1-3-5-15)10-17(22)11-19(26)13-23(30)31/h1-10,12,14,19H,11,13,26H2,(H,28,29)(H,30,31)/t19-/m0/s1. The van der Waals surface area contributed by atoms with E-state index in [1.165, 1.54) is 12.3 Å². The average Bonchev–Trinajstić information content (AvgIpc) is 3.31. The number of pyridine rings is 1. The highest BCUT2D eigenvalue weighted by atomic mass is 19.1. The molecule has 2 aromatic heterocycles. The Hall–Kier alpha value is -4.04. The lowest BCUT2D eigenvalue weighted by molar-refractivity contribution is -0.137. The zero-order chi connectivity index (χ0) is 22.5. The van der Waals surface area contributed by atoms with Crippen LogP contribution < -0.4 is 10.5 Å². The molecule has 0 unspecified atom stereocenters. The molecule has 8 heteroatoms. The fourth-order valence-electron chi connectivity index (χ4n) is 3.40. The fraction of sp³-hybridized carbons (Fsp3) is 0.125. The van der Waals surface area contributed by atoms with Gasteiger partial charge in [0.15, 0.2) is 5.82 Å². The van der Waals surface area contributed by atoms with Crippen molar-refractivity contribution >= 4 is 5.97 Å². The number of hydrogen-bond donors (Lipinski definition) is 3. The highest BCUT2D eigenvalue weighted by Gasteiger charge is 2.17. The van der Waals surface area contributed by atoms with E-state index in [-0.39, 0.29) is 18.7 Å². The van der Waals surface area contributed by atoms with Gasteiger partial charge in [-0.1, -0.05) is 36.4 Å². The van der Waals surface area contributed by atoms with E-state index in [1.807, 2.05) is 42.5 Å². The highest BCUT2D eigenvalue weighted by molar-refractivity contribution is 5.68. The molecule has 0 aliphatic carbocycles. The summed E-state index contributed by atoms with van der Waals surface area (Å²) in [5.41, 5.74) is 9.77. The first-order valence-electron chi connectivity index (χ1n) is 9.98. The summed E-state index contributed by atoms with van der Waals surface area (Å²) in [6.45, 7) is 0. The van der Waals surface area contributed by atoms with Gasteiger partial charge in [-0.25, -0.2) is 9.37 Å². The summed E-state index contributed by atoms with van der Waals surface area (Å²) in [6.07, 6.45) is 3.11. The summed E-state index contributed by atoms with van der Waals surface area (Å²) in [6, 6.07) is 17.6. The van der Waals surface area contributed by atoms with Crippen molar-refractivity contribution in [1.82, 2.24) is 15.2 Å². The Kier molecular flexibility index (Phi) is 6.23. The lowest BCUT2D eigenvalue weighted by Gasteiger charge is -2.16. The average molecular weight is 432 g/mol. The van der Waals surface area contributed by atoms with Gasteiger partial charge in [0.25, 0.3) is 5.88 Å². The summed E-state index contributed by atoms with van der Waals surface area (Å²) in [5, 5.41) is 15.7. The van der Waals surface area contributed by atoms with Crippen LogP contribution in [-0.2, 0) is 11.2 Å². The molecular formula is C24H21FN4O3. The lowest BCUT2D eigenvalue weighted by Crippen LogP contribution is -2.26. The van der Waals surface area contributed by atoms with Crippen LogP contribution in [0.5, 0.6) is 11.6 Å². The Morgan fingerprint density at radius 1 is 1.09 bits per heavy atom. The van der Waals surface area contributed by atoms with Gasteiger partial charge in [-0.05, 0) is 47.4 Å². The van der Waals surface area contributed by atoms with Gasteiger partial charge in [-0.3, -0.25) is 9.89 Å². The maximum atomic E-state index is 14.7. The number of halogens is 1. The second-order valence-electron chi connectivity index (χ2n) is 7.33. The molecular weight excluding hydrogens is 411 g/mol. The van der Waals surface area contributed by atoms with Crippen molar-refractivity contribution < 1.29 is 19.0 Å². The van der Waals surface area contributed by atoms with E-state index < -0.39 is 17.8 Å². The number of aromatic amines is 1. The number of rotatable bonds is 8. The second-order valence-corrected chi connectivity index (χ2v) is 7.33. The summed E-state index contributed by atoms with van der Waals surface area (Å²) < 4.78 is 20.5. The van der Waals surface area contributed by atoms with E-state index in [0.29, 0.717) is 22.6 Å². The molecule has 0 fully saturated rings. The zero-order valence-electron chi connectivity index (χ0n) is 17.0. The fourth-order valence-corrected chi connectivity index (χ4v) is 3.40. The van der Waals surface area contributed by atoms with Crippen molar-refractivity contribution in [3.05, 3.63) is 84.4 Å².